The Morgan fingerprint density at radius 2 is 1.04 bits per heavy atom. The Labute approximate surface area is 419 Å². The lowest BCUT2D eigenvalue weighted by Gasteiger charge is -2.30. The van der Waals surface area contributed by atoms with Crippen LogP contribution in [0.25, 0.3) is 0 Å². The van der Waals surface area contributed by atoms with E-state index in [0.29, 0.717) is 25.7 Å². The molecule has 404 valence electrons. The second kappa shape index (κ2) is 28.4. The van der Waals surface area contributed by atoms with Crippen LogP contribution in [0.2, 0.25) is 0 Å². The maximum absolute atomic E-state index is 13.9. The zero-order valence-corrected chi connectivity index (χ0v) is 42.3. The minimum absolute atomic E-state index is 0.0221. The number of likely N-dealkylation sites (tertiary alicyclic amines) is 3. The van der Waals surface area contributed by atoms with Gasteiger partial charge in [-0.25, -0.2) is 4.79 Å². The fourth-order valence-corrected chi connectivity index (χ4v) is 8.92. The number of rotatable bonds is 27. The number of carbonyl (C=O) groups is 11. The van der Waals surface area contributed by atoms with E-state index in [9.17, 15) is 57.8 Å². The zero-order valence-electron chi connectivity index (χ0n) is 42.3. The van der Waals surface area contributed by atoms with Gasteiger partial charge in [-0.2, -0.15) is 0 Å². The summed E-state index contributed by atoms with van der Waals surface area (Å²) in [6.45, 7) is 10.0. The number of nitrogens with zero attached hydrogens (tertiary/aromatic N) is 4. The summed E-state index contributed by atoms with van der Waals surface area (Å²) in [5.41, 5.74) is 16.8. The molecule has 0 spiro atoms. The van der Waals surface area contributed by atoms with E-state index in [-0.39, 0.29) is 83.0 Å². The van der Waals surface area contributed by atoms with Crippen molar-refractivity contribution in [3.8, 4) is 0 Å². The first kappa shape index (κ1) is 59.7. The summed E-state index contributed by atoms with van der Waals surface area (Å²) in [6.07, 6.45) is 2.18. The van der Waals surface area contributed by atoms with E-state index in [0.717, 1.165) is 0 Å². The summed E-state index contributed by atoms with van der Waals surface area (Å²) in [4.78, 5) is 152. The van der Waals surface area contributed by atoms with Crippen molar-refractivity contribution in [2.45, 2.75) is 161 Å². The maximum atomic E-state index is 13.9. The molecule has 0 aromatic heterocycles. The second-order valence-electron chi connectivity index (χ2n) is 19.7. The first-order valence-electron chi connectivity index (χ1n) is 24.8. The molecule has 3 rings (SSSR count). The third-order valence-electron chi connectivity index (χ3n) is 12.8. The Bertz CT molecular complexity index is 2010. The number of nitrogens with one attached hydrogen (secondary N) is 6. The lowest BCUT2D eigenvalue weighted by molar-refractivity contribution is -0.148. The maximum Gasteiger partial charge on any atom is 0.326 e. The van der Waals surface area contributed by atoms with Crippen LogP contribution in [0.3, 0.4) is 0 Å². The Hall–Kier alpha value is -6.60. The van der Waals surface area contributed by atoms with Crippen LogP contribution in [0.5, 0.6) is 0 Å². The zero-order chi connectivity index (χ0) is 54.0. The molecule has 3 aliphatic rings. The summed E-state index contributed by atoms with van der Waals surface area (Å²) >= 11 is 0. The van der Waals surface area contributed by atoms with E-state index in [4.69, 9.17) is 22.3 Å². The molecule has 0 aliphatic carbocycles. The third-order valence-corrected chi connectivity index (χ3v) is 12.8. The molecule has 26 heteroatoms. The fourth-order valence-electron chi connectivity index (χ4n) is 8.92. The molecular formula is C46H77N13O13. The van der Waals surface area contributed by atoms with Crippen LogP contribution >= 0.6 is 0 Å². The van der Waals surface area contributed by atoms with E-state index in [2.05, 4.69) is 36.9 Å². The molecule has 8 atom stereocenters. The number of carboxylic acid groups (broad SMARTS) is 2. The van der Waals surface area contributed by atoms with Crippen molar-refractivity contribution in [3.63, 3.8) is 0 Å². The Morgan fingerprint density at radius 3 is 1.50 bits per heavy atom. The Balaban J connectivity index is 1.65. The standard InChI is InChI=1S/C46H77N13O13/c1-24(2)21-29(54-43(69)37(26(5)6)56-41(67)31-13-9-20-59(31)44(70)27(47)15-16-35(62)63)39(65)52-22-33(60)57-18-8-12-30(57)40(66)55-36(25(3)4)42(68)53-28(11-7-17-50-46(48)49)38(64)51-23-34(61)58-19-10-14-32(58)45(71)72/h24-32,36-37H,7-23,47H2,1-6H3,(H,51,64)(H,52,65)(H,53,68)(H,54,69)(H,55,66)(H,56,67)(H,62,63)(H,71,72)(H4,48,49,50)/t27-,28-,29-,30-,31-,32-,36-,37-/m0/s1. The van der Waals surface area contributed by atoms with Crippen LogP contribution < -0.4 is 49.1 Å². The largest absolute Gasteiger partial charge is 0.481 e. The molecular weight excluding hydrogens is 943 g/mol. The van der Waals surface area contributed by atoms with Crippen molar-refractivity contribution >= 4 is 71.1 Å². The average Bonchev–Trinajstić information content (AvgIpc) is 4.12. The SMILES string of the molecule is CC(C)C[C@H](NC(=O)[C@@H](NC(=O)[C@@H]1CCCN1C(=O)[C@@H](N)CCC(=O)O)C(C)C)C(=O)NCC(=O)N1CCC[C@H]1C(=O)N[C@H](C(=O)N[C@@H](CCCN=C(N)N)C(=O)NCC(=O)N1CCC[C@H]1C(=O)O)C(C)C. The number of carbonyl (C=O) groups excluding carboxylic acids is 9. The number of nitrogens with two attached hydrogens (primary N) is 3. The van der Waals surface area contributed by atoms with Crippen LogP contribution in [-0.2, 0) is 52.7 Å². The third kappa shape index (κ3) is 17.9. The van der Waals surface area contributed by atoms with Crippen LogP contribution in [0.15, 0.2) is 4.99 Å². The van der Waals surface area contributed by atoms with E-state index in [1.54, 1.807) is 27.7 Å². The molecule has 3 aliphatic heterocycles. The van der Waals surface area contributed by atoms with Gasteiger partial charge in [0.05, 0.1) is 19.1 Å². The van der Waals surface area contributed by atoms with Gasteiger partial charge in [-0.3, -0.25) is 52.9 Å². The number of amides is 9. The lowest BCUT2D eigenvalue weighted by atomic mass is 9.99. The van der Waals surface area contributed by atoms with Crippen LogP contribution in [0, 0.1) is 17.8 Å². The van der Waals surface area contributed by atoms with Gasteiger partial charge in [0.25, 0.3) is 0 Å². The van der Waals surface area contributed by atoms with Crippen molar-refractivity contribution in [2.24, 2.45) is 39.9 Å². The Kier molecular flexibility index (Phi) is 23.6. The minimum Gasteiger partial charge on any atom is -0.481 e. The first-order chi connectivity index (χ1) is 33.8. The Morgan fingerprint density at radius 1 is 0.597 bits per heavy atom. The van der Waals surface area contributed by atoms with E-state index >= 15 is 0 Å². The molecule has 3 heterocycles. The highest BCUT2D eigenvalue weighted by Crippen LogP contribution is 2.22. The van der Waals surface area contributed by atoms with Gasteiger partial charge >= 0.3 is 11.9 Å². The molecule has 0 radical (unpaired) electrons. The van der Waals surface area contributed by atoms with Gasteiger partial charge in [0, 0.05) is 32.6 Å². The second-order valence-corrected chi connectivity index (χ2v) is 19.7. The normalized spacial score (nSPS) is 19.7. The van der Waals surface area contributed by atoms with Crippen molar-refractivity contribution in [3.05, 3.63) is 0 Å². The van der Waals surface area contributed by atoms with E-state index in [1.165, 1.54) is 14.7 Å². The summed E-state index contributed by atoms with van der Waals surface area (Å²) in [5.74, 6) is -9.45. The number of aliphatic carboxylic acids is 2. The van der Waals surface area contributed by atoms with Crippen molar-refractivity contribution in [1.82, 2.24) is 46.6 Å². The van der Waals surface area contributed by atoms with Gasteiger partial charge in [-0.1, -0.05) is 41.5 Å². The molecule has 0 bridgehead atoms. The summed E-state index contributed by atoms with van der Waals surface area (Å²) < 4.78 is 0. The summed E-state index contributed by atoms with van der Waals surface area (Å²) in [6, 6.07) is -8.80. The first-order valence-corrected chi connectivity index (χ1v) is 24.8. The molecule has 9 amide bonds. The molecule has 0 saturated carbocycles. The van der Waals surface area contributed by atoms with E-state index in [1.807, 2.05) is 13.8 Å². The summed E-state index contributed by atoms with van der Waals surface area (Å²) in [7, 11) is 0. The van der Waals surface area contributed by atoms with Crippen LogP contribution in [-0.4, -0.2) is 184 Å². The molecule has 72 heavy (non-hydrogen) atoms. The van der Waals surface area contributed by atoms with Crippen molar-refractivity contribution < 1.29 is 63.0 Å². The van der Waals surface area contributed by atoms with Gasteiger partial charge in [0.15, 0.2) is 5.96 Å². The predicted octanol–water partition coefficient (Wildman–Crippen LogP) is -3.18. The van der Waals surface area contributed by atoms with Crippen molar-refractivity contribution in [2.75, 3.05) is 39.3 Å². The van der Waals surface area contributed by atoms with Crippen LogP contribution in [0.1, 0.15) is 112 Å². The highest BCUT2D eigenvalue weighted by Gasteiger charge is 2.41. The van der Waals surface area contributed by atoms with E-state index < -0.39 is 138 Å². The van der Waals surface area contributed by atoms with Crippen molar-refractivity contribution in [1.29, 1.82) is 0 Å². The lowest BCUT2D eigenvalue weighted by Crippen LogP contribution is -2.59. The van der Waals surface area contributed by atoms with Gasteiger partial charge in [-0.05, 0) is 82.0 Å². The highest BCUT2D eigenvalue weighted by molar-refractivity contribution is 5.98. The number of hydrogen-bond donors (Lipinski definition) is 11. The molecule has 3 fully saturated rings. The molecule has 26 nitrogen and oxygen atoms in total. The molecule has 0 aromatic carbocycles. The van der Waals surface area contributed by atoms with Crippen LogP contribution in [0.4, 0.5) is 0 Å². The van der Waals surface area contributed by atoms with Gasteiger partial charge in [0.2, 0.25) is 53.2 Å². The summed E-state index contributed by atoms with van der Waals surface area (Å²) in [5, 5.41) is 34.3. The number of hydrogen-bond acceptors (Lipinski definition) is 13. The number of carboxylic acids is 2. The minimum atomic E-state index is -1.22. The average molecular weight is 1020 g/mol. The molecule has 3 saturated heterocycles. The van der Waals surface area contributed by atoms with Gasteiger partial charge < -0.3 is 74.0 Å². The number of aliphatic imine (C=N–C) groups is 1. The smallest absolute Gasteiger partial charge is 0.326 e. The molecule has 0 unspecified atom stereocenters. The molecule has 0 aromatic rings. The topological polar surface area (TPSA) is 401 Å². The molecule has 14 N–H and O–H groups in total. The predicted molar refractivity (Wildman–Crippen MR) is 259 cm³/mol. The quantitative estimate of drug-likeness (QED) is 0.0220. The number of guanidine groups is 1. The monoisotopic (exact) mass is 1020 g/mol. The highest BCUT2D eigenvalue weighted by atomic mass is 16.4. The van der Waals surface area contributed by atoms with Gasteiger partial charge in [0.1, 0.15) is 42.3 Å². The fraction of sp³-hybridized carbons (Fsp3) is 0.739. The van der Waals surface area contributed by atoms with Gasteiger partial charge in [-0.15, -0.1) is 0 Å².